The van der Waals surface area contributed by atoms with Crippen LogP contribution in [0.5, 0.6) is 0 Å². The molecule has 1 aliphatic rings. The minimum Gasteiger partial charge on any atom is -0.370 e. The first-order valence-corrected chi connectivity index (χ1v) is 9.17. The lowest BCUT2D eigenvalue weighted by atomic mass is 10.1. The molecule has 1 aromatic heterocycles. The average Bonchev–Trinajstić information content (AvgIpc) is 3.19. The first-order chi connectivity index (χ1) is 12.7. The van der Waals surface area contributed by atoms with Crippen LogP contribution in [-0.2, 0) is 4.74 Å². The van der Waals surface area contributed by atoms with Gasteiger partial charge in [-0.2, -0.15) is 4.37 Å². The Hall–Kier alpha value is -2.57. The van der Waals surface area contributed by atoms with Gasteiger partial charge in [0, 0.05) is 17.7 Å². The topological polar surface area (TPSA) is 42.4 Å². The van der Waals surface area contributed by atoms with Gasteiger partial charge in [-0.15, -0.1) is 0 Å². The maximum absolute atomic E-state index is 14.0. The quantitative estimate of drug-likeness (QED) is 0.697. The van der Waals surface area contributed by atoms with Crippen LogP contribution in [0.3, 0.4) is 0 Å². The van der Waals surface area contributed by atoms with E-state index in [2.05, 4.69) is 4.37 Å². The Bertz CT molecular complexity index is 913. The number of morpholine rings is 1. The molecule has 1 aliphatic heterocycles. The van der Waals surface area contributed by atoms with Crippen LogP contribution in [-0.4, -0.2) is 34.9 Å². The monoisotopic (exact) mass is 368 g/mol. The van der Waals surface area contributed by atoms with E-state index in [1.165, 1.54) is 17.6 Å². The molecule has 26 heavy (non-hydrogen) atoms. The molecule has 0 unspecified atom stereocenters. The van der Waals surface area contributed by atoms with Gasteiger partial charge in [-0.05, 0) is 23.7 Å². The highest BCUT2D eigenvalue weighted by molar-refractivity contribution is 7.08. The van der Waals surface area contributed by atoms with E-state index >= 15 is 0 Å². The number of amides is 1. The lowest BCUT2D eigenvalue weighted by Gasteiger charge is -2.33. The zero-order chi connectivity index (χ0) is 17.9. The van der Waals surface area contributed by atoms with E-state index in [1.54, 1.807) is 23.1 Å². The largest absolute Gasteiger partial charge is 0.370 e. The van der Waals surface area contributed by atoms with Gasteiger partial charge in [-0.25, -0.2) is 4.39 Å². The first kappa shape index (κ1) is 16.9. The summed E-state index contributed by atoms with van der Waals surface area (Å²) in [5, 5.41) is 0. The number of ether oxygens (including phenoxy) is 1. The number of benzene rings is 2. The van der Waals surface area contributed by atoms with E-state index in [0.29, 0.717) is 30.1 Å². The third-order valence-electron chi connectivity index (χ3n) is 4.40. The minimum absolute atomic E-state index is 0.0886. The summed E-state index contributed by atoms with van der Waals surface area (Å²) >= 11 is 1.19. The molecule has 1 fully saturated rings. The normalized spacial score (nSPS) is 17.3. The predicted molar refractivity (Wildman–Crippen MR) is 98.5 cm³/mol. The number of nitrogens with zero attached hydrogens (tertiary/aromatic N) is 2. The molecule has 1 amide bonds. The van der Waals surface area contributed by atoms with Gasteiger partial charge in [-0.1, -0.05) is 48.5 Å². The van der Waals surface area contributed by atoms with E-state index in [-0.39, 0.29) is 11.7 Å². The number of hydrogen-bond donors (Lipinski definition) is 0. The van der Waals surface area contributed by atoms with Crippen molar-refractivity contribution < 1.29 is 13.9 Å². The number of aromatic nitrogens is 1. The van der Waals surface area contributed by atoms with Gasteiger partial charge in [0.25, 0.3) is 5.91 Å². The van der Waals surface area contributed by atoms with Crippen LogP contribution in [0.15, 0.2) is 60.7 Å². The fourth-order valence-corrected chi connectivity index (χ4v) is 3.76. The zero-order valence-corrected chi connectivity index (χ0v) is 14.8. The van der Waals surface area contributed by atoms with Gasteiger partial charge < -0.3 is 9.64 Å². The number of carbonyl (C=O) groups excluding carboxylic acids is 1. The minimum atomic E-state index is -0.449. The lowest BCUT2D eigenvalue weighted by Crippen LogP contribution is -2.42. The summed E-state index contributed by atoms with van der Waals surface area (Å²) in [6.07, 6.45) is -0.449. The first-order valence-electron chi connectivity index (χ1n) is 8.40. The summed E-state index contributed by atoms with van der Waals surface area (Å²) in [4.78, 5) is 15.1. The zero-order valence-electron chi connectivity index (χ0n) is 14.0. The Morgan fingerprint density at radius 1 is 1.15 bits per heavy atom. The SMILES string of the molecule is O=C(c1cc(-c2ccccc2)ns1)N1CCO[C@@H](c2ccccc2F)C1. The van der Waals surface area contributed by atoms with Gasteiger partial charge >= 0.3 is 0 Å². The molecule has 2 heterocycles. The van der Waals surface area contributed by atoms with Crippen molar-refractivity contribution in [2.75, 3.05) is 19.7 Å². The molecule has 0 radical (unpaired) electrons. The summed E-state index contributed by atoms with van der Waals surface area (Å²) in [7, 11) is 0. The van der Waals surface area contributed by atoms with Crippen molar-refractivity contribution in [1.82, 2.24) is 9.27 Å². The fourth-order valence-electron chi connectivity index (χ4n) is 3.03. The predicted octanol–water partition coefficient (Wildman–Crippen LogP) is 4.16. The summed E-state index contributed by atoms with van der Waals surface area (Å²) < 4.78 is 24.1. The third-order valence-corrected chi connectivity index (χ3v) is 5.17. The number of rotatable bonds is 3. The molecule has 1 saturated heterocycles. The molecule has 0 aliphatic carbocycles. The van der Waals surface area contributed by atoms with Crippen molar-refractivity contribution in [2.45, 2.75) is 6.10 Å². The highest BCUT2D eigenvalue weighted by Crippen LogP contribution is 2.27. The smallest absolute Gasteiger partial charge is 0.265 e. The van der Waals surface area contributed by atoms with Gasteiger partial charge in [0.05, 0.1) is 18.8 Å². The molecule has 2 aromatic carbocycles. The van der Waals surface area contributed by atoms with Crippen LogP contribution >= 0.6 is 11.5 Å². The van der Waals surface area contributed by atoms with Gasteiger partial charge in [0.1, 0.15) is 16.8 Å². The van der Waals surface area contributed by atoms with Crippen LogP contribution in [0, 0.1) is 5.82 Å². The van der Waals surface area contributed by atoms with Gasteiger partial charge in [-0.3, -0.25) is 4.79 Å². The van der Waals surface area contributed by atoms with Crippen LogP contribution < -0.4 is 0 Å². The molecular weight excluding hydrogens is 351 g/mol. The molecule has 0 bridgehead atoms. The molecule has 0 saturated carbocycles. The molecule has 0 N–H and O–H groups in total. The van der Waals surface area contributed by atoms with E-state index in [1.807, 2.05) is 36.4 Å². The summed E-state index contributed by atoms with van der Waals surface area (Å²) in [5.41, 5.74) is 2.26. The van der Waals surface area contributed by atoms with Crippen LogP contribution in [0.25, 0.3) is 11.3 Å². The molecule has 4 rings (SSSR count). The van der Waals surface area contributed by atoms with Crippen molar-refractivity contribution in [2.24, 2.45) is 0 Å². The molecule has 3 aromatic rings. The maximum Gasteiger partial charge on any atom is 0.265 e. The number of halogens is 1. The van der Waals surface area contributed by atoms with Gasteiger partial charge in [0.15, 0.2) is 0 Å². The standard InChI is InChI=1S/C20H17FN2O2S/c21-16-9-5-4-8-15(16)18-13-23(10-11-25-18)20(24)19-12-17(22-26-19)14-6-2-1-3-7-14/h1-9,12,18H,10-11,13H2/t18-/m1/s1. The Balaban J connectivity index is 1.51. The maximum atomic E-state index is 14.0. The second-order valence-electron chi connectivity index (χ2n) is 6.07. The van der Waals surface area contributed by atoms with Crippen molar-refractivity contribution in [1.29, 1.82) is 0 Å². The Kier molecular flexibility index (Phi) is 4.77. The van der Waals surface area contributed by atoms with Crippen molar-refractivity contribution in [3.05, 3.63) is 76.9 Å². The average molecular weight is 368 g/mol. The molecule has 1 atom stereocenters. The van der Waals surface area contributed by atoms with E-state index < -0.39 is 6.10 Å². The Morgan fingerprint density at radius 2 is 1.92 bits per heavy atom. The molecule has 6 heteroatoms. The highest BCUT2D eigenvalue weighted by atomic mass is 32.1. The second-order valence-corrected chi connectivity index (χ2v) is 6.88. The Labute approximate surface area is 155 Å². The highest BCUT2D eigenvalue weighted by Gasteiger charge is 2.28. The lowest BCUT2D eigenvalue weighted by molar-refractivity contribution is -0.0241. The summed E-state index contributed by atoms with van der Waals surface area (Å²) in [6, 6.07) is 18.1. The molecular formula is C20H17FN2O2S. The van der Waals surface area contributed by atoms with E-state index in [0.717, 1.165) is 11.3 Å². The van der Waals surface area contributed by atoms with Crippen molar-refractivity contribution in [3.8, 4) is 11.3 Å². The van der Waals surface area contributed by atoms with Crippen molar-refractivity contribution >= 4 is 17.4 Å². The van der Waals surface area contributed by atoms with E-state index in [4.69, 9.17) is 4.74 Å². The van der Waals surface area contributed by atoms with E-state index in [9.17, 15) is 9.18 Å². The van der Waals surface area contributed by atoms with Crippen LogP contribution in [0.1, 0.15) is 21.3 Å². The molecule has 0 spiro atoms. The number of hydrogen-bond acceptors (Lipinski definition) is 4. The Morgan fingerprint density at radius 3 is 2.73 bits per heavy atom. The van der Waals surface area contributed by atoms with Crippen LogP contribution in [0.4, 0.5) is 4.39 Å². The second kappa shape index (κ2) is 7.35. The molecule has 132 valence electrons. The molecule has 4 nitrogen and oxygen atoms in total. The number of carbonyl (C=O) groups is 1. The van der Waals surface area contributed by atoms with Crippen molar-refractivity contribution in [3.63, 3.8) is 0 Å². The van der Waals surface area contributed by atoms with Crippen LogP contribution in [0.2, 0.25) is 0 Å². The fraction of sp³-hybridized carbons (Fsp3) is 0.200. The van der Waals surface area contributed by atoms with Gasteiger partial charge in [0.2, 0.25) is 0 Å². The summed E-state index contributed by atoms with van der Waals surface area (Å²) in [6.45, 7) is 1.20. The summed E-state index contributed by atoms with van der Waals surface area (Å²) in [5.74, 6) is -0.398. The third kappa shape index (κ3) is 3.38.